The van der Waals surface area contributed by atoms with Crippen molar-refractivity contribution in [2.75, 3.05) is 7.11 Å². The first-order chi connectivity index (χ1) is 5.45. The Morgan fingerprint density at radius 3 is 2.42 bits per heavy atom. The molecule has 0 aromatic carbocycles. The highest BCUT2D eigenvalue weighted by Crippen LogP contribution is 2.24. The largest absolute Gasteiger partial charge is 0.481 e. The number of hydrogen-bond acceptors (Lipinski definition) is 2. The second-order valence-corrected chi connectivity index (χ2v) is 3.98. The maximum Gasteiger partial charge on any atom is 0.213 e. The normalized spacial score (nSPS) is 11.8. The molecule has 0 spiro atoms. The molecule has 0 saturated carbocycles. The van der Waals surface area contributed by atoms with Gasteiger partial charge < -0.3 is 4.74 Å². The predicted octanol–water partition coefficient (Wildman–Crippen LogP) is 2.30. The zero-order valence-corrected chi connectivity index (χ0v) is 8.51. The fraction of sp³-hybridized carbons (Fsp3) is 0.625. The second-order valence-electron chi connectivity index (χ2n) is 3.59. The minimum Gasteiger partial charge on any atom is -0.481 e. The molecule has 0 radical (unpaired) electrons. The van der Waals surface area contributed by atoms with Crippen LogP contribution in [0.1, 0.15) is 20.8 Å². The van der Waals surface area contributed by atoms with Crippen LogP contribution >= 0.6 is 11.6 Å². The van der Waals surface area contributed by atoms with Crippen molar-refractivity contribution in [2.45, 2.75) is 26.3 Å². The summed E-state index contributed by atoms with van der Waals surface area (Å²) >= 11 is 5.74. The van der Waals surface area contributed by atoms with Gasteiger partial charge in [0.25, 0.3) is 0 Å². The third kappa shape index (κ3) is 1.72. The number of halogens is 1. The molecule has 1 aromatic rings. The van der Waals surface area contributed by atoms with E-state index in [1.165, 1.54) is 0 Å². The Kier molecular flexibility index (Phi) is 2.33. The number of aromatic nitrogens is 2. The van der Waals surface area contributed by atoms with Crippen LogP contribution in [0, 0.1) is 0 Å². The van der Waals surface area contributed by atoms with Gasteiger partial charge in [-0.2, -0.15) is 5.10 Å². The highest BCUT2D eigenvalue weighted by atomic mass is 35.5. The molecule has 1 rings (SSSR count). The van der Waals surface area contributed by atoms with Crippen LogP contribution < -0.4 is 4.74 Å². The molecule has 0 fully saturated rings. The second kappa shape index (κ2) is 2.98. The summed E-state index contributed by atoms with van der Waals surface area (Å²) in [4.78, 5) is 0. The summed E-state index contributed by atoms with van der Waals surface area (Å²) in [6.07, 6.45) is 0. The van der Waals surface area contributed by atoms with Gasteiger partial charge >= 0.3 is 0 Å². The van der Waals surface area contributed by atoms with E-state index >= 15 is 0 Å². The van der Waals surface area contributed by atoms with Crippen molar-refractivity contribution in [3.8, 4) is 5.88 Å². The van der Waals surface area contributed by atoms with Gasteiger partial charge in [0.05, 0.1) is 12.6 Å². The molecule has 0 unspecified atom stereocenters. The SMILES string of the molecule is COc1cc(Cl)nn1C(C)(C)C. The summed E-state index contributed by atoms with van der Waals surface area (Å²) in [5.41, 5.74) is -0.0987. The lowest BCUT2D eigenvalue weighted by atomic mass is 10.1. The van der Waals surface area contributed by atoms with Crippen molar-refractivity contribution < 1.29 is 4.74 Å². The van der Waals surface area contributed by atoms with Gasteiger partial charge in [-0.15, -0.1) is 0 Å². The fourth-order valence-electron chi connectivity index (χ4n) is 0.963. The third-order valence-electron chi connectivity index (χ3n) is 1.49. The van der Waals surface area contributed by atoms with Gasteiger partial charge in [-0.1, -0.05) is 11.6 Å². The monoisotopic (exact) mass is 188 g/mol. The molecular weight excluding hydrogens is 176 g/mol. The van der Waals surface area contributed by atoms with E-state index in [4.69, 9.17) is 16.3 Å². The predicted molar refractivity (Wildman–Crippen MR) is 48.8 cm³/mol. The lowest BCUT2D eigenvalue weighted by Gasteiger charge is -2.20. The van der Waals surface area contributed by atoms with Crippen molar-refractivity contribution in [1.29, 1.82) is 0 Å². The Hall–Kier alpha value is -0.700. The van der Waals surface area contributed by atoms with Crippen molar-refractivity contribution in [1.82, 2.24) is 9.78 Å². The van der Waals surface area contributed by atoms with Gasteiger partial charge in [0.2, 0.25) is 5.88 Å². The smallest absolute Gasteiger partial charge is 0.213 e. The highest BCUT2D eigenvalue weighted by Gasteiger charge is 2.19. The molecule has 0 bridgehead atoms. The van der Waals surface area contributed by atoms with E-state index in [0.717, 1.165) is 0 Å². The first-order valence-corrected chi connectivity index (χ1v) is 4.13. The van der Waals surface area contributed by atoms with Crippen LogP contribution in [0.2, 0.25) is 5.15 Å². The standard InChI is InChI=1S/C8H13ClN2O/c1-8(2,3)11-7(12-4)5-6(9)10-11/h5H,1-4H3. The summed E-state index contributed by atoms with van der Waals surface area (Å²) in [6.45, 7) is 6.12. The Bertz CT molecular complexity index is 275. The zero-order chi connectivity index (χ0) is 9.35. The molecule has 12 heavy (non-hydrogen) atoms. The van der Waals surface area contributed by atoms with Crippen LogP contribution in [0.5, 0.6) is 5.88 Å². The van der Waals surface area contributed by atoms with Crippen LogP contribution in [-0.4, -0.2) is 16.9 Å². The van der Waals surface area contributed by atoms with Gasteiger partial charge in [0, 0.05) is 6.07 Å². The lowest BCUT2D eigenvalue weighted by molar-refractivity contribution is 0.282. The number of methoxy groups -OCH3 is 1. The summed E-state index contributed by atoms with van der Waals surface area (Å²) in [7, 11) is 1.61. The molecule has 4 heteroatoms. The summed E-state index contributed by atoms with van der Waals surface area (Å²) in [5, 5.41) is 4.57. The van der Waals surface area contributed by atoms with E-state index in [2.05, 4.69) is 5.10 Å². The van der Waals surface area contributed by atoms with E-state index in [9.17, 15) is 0 Å². The molecule has 0 aliphatic heterocycles. The molecule has 0 saturated heterocycles. The summed E-state index contributed by atoms with van der Waals surface area (Å²) in [6, 6.07) is 1.70. The summed E-state index contributed by atoms with van der Waals surface area (Å²) in [5.74, 6) is 0.688. The molecule has 1 aromatic heterocycles. The van der Waals surface area contributed by atoms with Gasteiger partial charge in [-0.3, -0.25) is 0 Å². The van der Waals surface area contributed by atoms with Crippen LogP contribution in [0.4, 0.5) is 0 Å². The minimum atomic E-state index is -0.0987. The average Bonchev–Trinajstić information content (AvgIpc) is 2.29. The van der Waals surface area contributed by atoms with Crippen molar-refractivity contribution in [3.63, 3.8) is 0 Å². The molecule has 1 heterocycles. The Morgan fingerprint density at radius 2 is 2.08 bits per heavy atom. The number of nitrogens with zero attached hydrogens (tertiary/aromatic N) is 2. The average molecular weight is 189 g/mol. The Balaban J connectivity index is 3.13. The van der Waals surface area contributed by atoms with Crippen LogP contribution in [0.15, 0.2) is 6.07 Å². The van der Waals surface area contributed by atoms with Crippen LogP contribution in [0.3, 0.4) is 0 Å². The fourth-order valence-corrected chi connectivity index (χ4v) is 1.13. The minimum absolute atomic E-state index is 0.0987. The van der Waals surface area contributed by atoms with Gasteiger partial charge in [0.15, 0.2) is 5.15 Å². The third-order valence-corrected chi connectivity index (χ3v) is 1.68. The Labute approximate surface area is 77.3 Å². The van der Waals surface area contributed by atoms with Gasteiger partial charge in [0.1, 0.15) is 0 Å². The molecule has 0 atom stereocenters. The van der Waals surface area contributed by atoms with E-state index in [0.29, 0.717) is 11.0 Å². The molecule has 3 nitrogen and oxygen atoms in total. The zero-order valence-electron chi connectivity index (χ0n) is 7.76. The maximum atomic E-state index is 5.74. The molecule has 0 aliphatic rings. The number of hydrogen-bond donors (Lipinski definition) is 0. The summed E-state index contributed by atoms with van der Waals surface area (Å²) < 4.78 is 6.87. The van der Waals surface area contributed by atoms with Gasteiger partial charge in [-0.25, -0.2) is 4.68 Å². The topological polar surface area (TPSA) is 27.1 Å². The quantitative estimate of drug-likeness (QED) is 0.676. The molecular formula is C8H13ClN2O. The molecule has 68 valence electrons. The van der Waals surface area contributed by atoms with Crippen LogP contribution in [0.25, 0.3) is 0 Å². The maximum absolute atomic E-state index is 5.74. The highest BCUT2D eigenvalue weighted by molar-refractivity contribution is 6.29. The van der Waals surface area contributed by atoms with E-state index < -0.39 is 0 Å². The molecule has 0 amide bonds. The van der Waals surface area contributed by atoms with Crippen molar-refractivity contribution in [2.24, 2.45) is 0 Å². The van der Waals surface area contributed by atoms with Crippen molar-refractivity contribution in [3.05, 3.63) is 11.2 Å². The number of ether oxygens (including phenoxy) is 1. The lowest BCUT2D eigenvalue weighted by Crippen LogP contribution is -2.23. The van der Waals surface area contributed by atoms with Crippen LogP contribution in [-0.2, 0) is 5.54 Å². The Morgan fingerprint density at radius 1 is 1.50 bits per heavy atom. The van der Waals surface area contributed by atoms with E-state index in [1.807, 2.05) is 20.8 Å². The number of rotatable bonds is 1. The van der Waals surface area contributed by atoms with E-state index in [1.54, 1.807) is 17.9 Å². The van der Waals surface area contributed by atoms with Gasteiger partial charge in [-0.05, 0) is 20.8 Å². The van der Waals surface area contributed by atoms with E-state index in [-0.39, 0.29) is 5.54 Å². The molecule has 0 N–H and O–H groups in total. The first kappa shape index (κ1) is 9.39. The first-order valence-electron chi connectivity index (χ1n) is 3.75. The molecule has 0 aliphatic carbocycles. The van der Waals surface area contributed by atoms with Crippen molar-refractivity contribution >= 4 is 11.6 Å².